The minimum atomic E-state index is 0.167. The Bertz CT molecular complexity index is 281. The van der Waals surface area contributed by atoms with E-state index >= 15 is 0 Å². The number of carbonyl (C=O) groups excluding carboxylic acids is 1. The molecule has 0 fully saturated rings. The van der Waals surface area contributed by atoms with Gasteiger partial charge in [0.1, 0.15) is 0 Å². The molecule has 0 aliphatic rings. The zero-order valence-electron chi connectivity index (χ0n) is 17.0. The first-order chi connectivity index (χ1) is 11.6. The molecule has 0 aliphatic carbocycles. The average Bonchev–Trinajstić information content (AvgIpc) is 2.58. The molecule has 0 bridgehead atoms. The number of carbonyl (C=O) groups is 1. The first kappa shape index (κ1) is 23.4. The van der Waals surface area contributed by atoms with E-state index in [1.807, 2.05) is 12.1 Å². The quantitative estimate of drug-likeness (QED) is 0.251. The maximum Gasteiger partial charge on any atom is 0.234 e. The van der Waals surface area contributed by atoms with Gasteiger partial charge in [-0.2, -0.15) is 0 Å². The fourth-order valence-corrected chi connectivity index (χ4v) is 2.94. The Hall–Kier alpha value is -0.570. The zero-order chi connectivity index (χ0) is 18.0. The first-order valence-corrected chi connectivity index (χ1v) is 10.6. The van der Waals surface area contributed by atoms with Crippen LogP contribution in [-0.2, 0) is 4.79 Å². The molecule has 1 amide bonds. The Labute approximate surface area is 151 Å². The summed E-state index contributed by atoms with van der Waals surface area (Å²) in [6, 6.07) is 0.403. The van der Waals surface area contributed by atoms with Crippen molar-refractivity contribution in [3.8, 4) is 0 Å². The van der Waals surface area contributed by atoms with E-state index in [0.717, 1.165) is 12.8 Å². The molecule has 144 valence electrons. The zero-order valence-corrected chi connectivity index (χ0v) is 17.0. The van der Waals surface area contributed by atoms with Crippen molar-refractivity contribution in [2.45, 2.75) is 123 Å². The summed E-state index contributed by atoms with van der Waals surface area (Å²) in [5.74, 6) is 0.167. The van der Waals surface area contributed by atoms with Gasteiger partial charge in [-0.3, -0.25) is 10.2 Å². The van der Waals surface area contributed by atoms with Crippen LogP contribution in [0.3, 0.4) is 0 Å². The van der Waals surface area contributed by atoms with Crippen molar-refractivity contribution in [1.82, 2.24) is 10.4 Å². The summed E-state index contributed by atoms with van der Waals surface area (Å²) < 4.78 is 0. The van der Waals surface area contributed by atoms with Crippen LogP contribution in [0.2, 0.25) is 0 Å². The van der Waals surface area contributed by atoms with Crippen LogP contribution in [0.15, 0.2) is 0 Å². The molecule has 0 aromatic heterocycles. The van der Waals surface area contributed by atoms with Gasteiger partial charge in [-0.05, 0) is 19.8 Å². The van der Waals surface area contributed by atoms with Gasteiger partial charge in [-0.25, -0.2) is 5.01 Å². The van der Waals surface area contributed by atoms with Crippen molar-refractivity contribution in [3.05, 3.63) is 0 Å². The topological polar surface area (TPSA) is 32.3 Å². The second-order valence-electron chi connectivity index (χ2n) is 7.40. The molecular weight excluding hydrogens is 296 g/mol. The summed E-state index contributed by atoms with van der Waals surface area (Å²) in [6.45, 7) is 6.54. The third-order valence-corrected chi connectivity index (χ3v) is 5.06. The van der Waals surface area contributed by atoms with Gasteiger partial charge in [0.2, 0.25) is 5.91 Å². The van der Waals surface area contributed by atoms with Gasteiger partial charge in [-0.15, -0.1) is 0 Å². The standard InChI is InChI=1S/C21H44N2O/c1-5-7-8-9-10-11-12-13-14-15-16-17-18-19-21(24)22-23(4)20(3)6-2/h20H,5-19H2,1-4H3,(H,22,24). The Morgan fingerprint density at radius 2 is 1.21 bits per heavy atom. The smallest absolute Gasteiger partial charge is 0.234 e. The van der Waals surface area contributed by atoms with Gasteiger partial charge >= 0.3 is 0 Å². The SMILES string of the molecule is CCCCCCCCCCCCCCCC(=O)NN(C)C(C)CC. The highest BCUT2D eigenvalue weighted by molar-refractivity contribution is 5.75. The van der Waals surface area contributed by atoms with Crippen LogP contribution in [-0.4, -0.2) is 24.0 Å². The summed E-state index contributed by atoms with van der Waals surface area (Å²) in [4.78, 5) is 11.8. The fraction of sp³-hybridized carbons (Fsp3) is 0.952. The molecule has 3 heteroatoms. The molecule has 0 radical (unpaired) electrons. The van der Waals surface area contributed by atoms with Crippen LogP contribution in [0.4, 0.5) is 0 Å². The van der Waals surface area contributed by atoms with E-state index < -0.39 is 0 Å². The van der Waals surface area contributed by atoms with Crippen LogP contribution < -0.4 is 5.43 Å². The van der Waals surface area contributed by atoms with Crippen molar-refractivity contribution in [1.29, 1.82) is 0 Å². The van der Waals surface area contributed by atoms with E-state index in [-0.39, 0.29) is 5.91 Å². The lowest BCUT2D eigenvalue weighted by Crippen LogP contribution is -2.44. The second kappa shape index (κ2) is 17.3. The third-order valence-electron chi connectivity index (χ3n) is 5.06. The lowest BCUT2D eigenvalue weighted by Gasteiger charge is -2.24. The number of hydrogen-bond acceptors (Lipinski definition) is 2. The molecule has 1 atom stereocenters. The molecule has 0 saturated heterocycles. The highest BCUT2D eigenvalue weighted by atomic mass is 16.2. The number of hydrogen-bond donors (Lipinski definition) is 1. The minimum Gasteiger partial charge on any atom is -0.289 e. The van der Waals surface area contributed by atoms with Gasteiger partial charge in [0.15, 0.2) is 0 Å². The molecule has 24 heavy (non-hydrogen) atoms. The van der Waals surface area contributed by atoms with Gasteiger partial charge < -0.3 is 0 Å². The number of amides is 1. The lowest BCUT2D eigenvalue weighted by molar-refractivity contribution is -0.126. The Morgan fingerprint density at radius 1 is 0.792 bits per heavy atom. The molecule has 0 saturated carbocycles. The van der Waals surface area contributed by atoms with Crippen LogP contribution in [0.5, 0.6) is 0 Å². The molecule has 0 rings (SSSR count). The molecule has 1 N–H and O–H groups in total. The molecule has 0 aromatic carbocycles. The summed E-state index contributed by atoms with van der Waals surface area (Å²) in [6.07, 6.45) is 19.2. The Kier molecular flexibility index (Phi) is 16.8. The normalized spacial score (nSPS) is 12.5. The largest absolute Gasteiger partial charge is 0.289 e. The number of unbranched alkanes of at least 4 members (excludes halogenated alkanes) is 12. The van der Waals surface area contributed by atoms with Crippen molar-refractivity contribution < 1.29 is 4.79 Å². The highest BCUT2D eigenvalue weighted by Gasteiger charge is 2.09. The maximum atomic E-state index is 11.8. The molecule has 1 unspecified atom stereocenters. The summed E-state index contributed by atoms with van der Waals surface area (Å²) in [5, 5.41) is 1.94. The fourth-order valence-electron chi connectivity index (χ4n) is 2.94. The predicted molar refractivity (Wildman–Crippen MR) is 106 cm³/mol. The average molecular weight is 341 g/mol. The van der Waals surface area contributed by atoms with Gasteiger partial charge in [0.25, 0.3) is 0 Å². The summed E-state index contributed by atoms with van der Waals surface area (Å²) in [5.41, 5.74) is 2.97. The maximum absolute atomic E-state index is 11.8. The van der Waals surface area contributed by atoms with Gasteiger partial charge in [0.05, 0.1) is 0 Å². The van der Waals surface area contributed by atoms with Crippen LogP contribution in [0.1, 0.15) is 117 Å². The van der Waals surface area contributed by atoms with Crippen LogP contribution >= 0.6 is 0 Å². The highest BCUT2D eigenvalue weighted by Crippen LogP contribution is 2.13. The lowest BCUT2D eigenvalue weighted by atomic mass is 10.0. The molecular formula is C21H44N2O. The van der Waals surface area contributed by atoms with Crippen molar-refractivity contribution in [2.24, 2.45) is 0 Å². The molecule has 0 aromatic rings. The van der Waals surface area contributed by atoms with E-state index in [0.29, 0.717) is 12.5 Å². The van der Waals surface area contributed by atoms with E-state index in [9.17, 15) is 4.79 Å². The Morgan fingerprint density at radius 3 is 1.62 bits per heavy atom. The summed E-state index contributed by atoms with van der Waals surface area (Å²) in [7, 11) is 1.95. The third kappa shape index (κ3) is 15.0. The molecule has 0 spiro atoms. The number of hydrazine groups is 1. The minimum absolute atomic E-state index is 0.167. The van der Waals surface area contributed by atoms with E-state index in [2.05, 4.69) is 26.2 Å². The van der Waals surface area contributed by atoms with Crippen molar-refractivity contribution in [3.63, 3.8) is 0 Å². The number of nitrogens with one attached hydrogen (secondary N) is 1. The van der Waals surface area contributed by atoms with E-state index in [1.54, 1.807) is 0 Å². The monoisotopic (exact) mass is 340 g/mol. The van der Waals surface area contributed by atoms with E-state index in [4.69, 9.17) is 0 Å². The summed E-state index contributed by atoms with van der Waals surface area (Å²) >= 11 is 0. The predicted octanol–water partition coefficient (Wildman–Crippen LogP) is 6.23. The first-order valence-electron chi connectivity index (χ1n) is 10.6. The van der Waals surface area contributed by atoms with Crippen LogP contribution in [0.25, 0.3) is 0 Å². The Balaban J connectivity index is 3.26. The number of nitrogens with zero attached hydrogens (tertiary/aromatic N) is 1. The van der Waals surface area contributed by atoms with Crippen molar-refractivity contribution >= 4 is 5.91 Å². The molecule has 0 aliphatic heterocycles. The van der Waals surface area contributed by atoms with Gasteiger partial charge in [0, 0.05) is 19.5 Å². The van der Waals surface area contributed by atoms with E-state index in [1.165, 1.54) is 77.0 Å². The molecule has 0 heterocycles. The van der Waals surface area contributed by atoms with Gasteiger partial charge in [-0.1, -0.05) is 90.9 Å². The number of rotatable bonds is 17. The van der Waals surface area contributed by atoms with Crippen molar-refractivity contribution in [2.75, 3.05) is 7.05 Å². The second-order valence-corrected chi connectivity index (χ2v) is 7.40. The molecule has 3 nitrogen and oxygen atoms in total. The van der Waals surface area contributed by atoms with Crippen LogP contribution in [0, 0.1) is 0 Å².